The Labute approximate surface area is 344 Å². The van der Waals surface area contributed by atoms with Crippen molar-refractivity contribution in [2.24, 2.45) is 0 Å². The lowest BCUT2D eigenvalue weighted by Crippen LogP contribution is -2.32. The van der Waals surface area contributed by atoms with E-state index in [0.717, 1.165) is 11.4 Å². The maximum absolute atomic E-state index is 2.50. The molecule has 2 aliphatic carbocycles. The fourth-order valence-electron chi connectivity index (χ4n) is 10.6. The van der Waals surface area contributed by atoms with E-state index in [1.54, 1.807) is 0 Å². The Morgan fingerprint density at radius 2 is 0.948 bits per heavy atom. The summed E-state index contributed by atoms with van der Waals surface area (Å²) in [6.45, 7) is 4.74. The second-order valence-corrected chi connectivity index (χ2v) is 17.5. The second kappa shape index (κ2) is 12.4. The molecule has 0 unspecified atom stereocenters. The predicted octanol–water partition coefficient (Wildman–Crippen LogP) is 15.1. The minimum Gasteiger partial charge on any atom is -0.310 e. The first kappa shape index (κ1) is 33.5. The molecule has 58 heavy (non-hydrogen) atoms. The molecule has 2 heteroatoms. The number of fused-ring (bicyclic) bond motifs is 14. The van der Waals surface area contributed by atoms with Crippen molar-refractivity contribution in [1.82, 2.24) is 0 Å². The lowest BCUT2D eigenvalue weighted by molar-refractivity contribution is 0.660. The monoisotopic (exact) mass is 757 g/mol. The van der Waals surface area contributed by atoms with Crippen LogP contribution in [0.5, 0.6) is 0 Å². The summed E-state index contributed by atoms with van der Waals surface area (Å²) in [6.07, 6.45) is 0. The van der Waals surface area contributed by atoms with E-state index in [1.807, 2.05) is 11.8 Å². The summed E-state index contributed by atoms with van der Waals surface area (Å²) < 4.78 is 0. The van der Waals surface area contributed by atoms with Gasteiger partial charge in [-0.05, 0) is 115 Å². The molecule has 3 aliphatic rings. The molecule has 0 N–H and O–H groups in total. The van der Waals surface area contributed by atoms with Crippen LogP contribution in [0.2, 0.25) is 0 Å². The standard InChI is InChI=1S/C56H39NS/c1-55(2)46-21-9-6-17-40(46)43-32-31-39(35-50(43)55)57(38-29-27-37(28-30-38)36-15-4-3-5-16-36)51-25-14-20-45-44(51)33-34-53-54(45)56(49-24-12-13-26-52(49)58-53)47-22-10-7-18-41(47)42-19-8-11-23-48(42)56/h3-35H,1-2H3. The number of hydrogen-bond donors (Lipinski definition) is 0. The Morgan fingerprint density at radius 3 is 1.67 bits per heavy atom. The Morgan fingerprint density at radius 1 is 0.379 bits per heavy atom. The summed E-state index contributed by atoms with van der Waals surface area (Å²) >= 11 is 1.91. The Balaban J connectivity index is 1.13. The van der Waals surface area contributed by atoms with E-state index in [1.165, 1.54) is 93.0 Å². The molecule has 12 rings (SSSR count). The summed E-state index contributed by atoms with van der Waals surface area (Å²) in [6, 6.07) is 74.9. The first-order chi connectivity index (χ1) is 28.5. The maximum Gasteiger partial charge on any atom is 0.0741 e. The highest BCUT2D eigenvalue weighted by atomic mass is 32.2. The molecule has 1 heterocycles. The molecule has 9 aromatic rings. The quantitative estimate of drug-likeness (QED) is 0.176. The molecule has 9 aromatic carbocycles. The van der Waals surface area contributed by atoms with Crippen LogP contribution in [0.4, 0.5) is 17.1 Å². The van der Waals surface area contributed by atoms with Crippen molar-refractivity contribution in [3.63, 3.8) is 0 Å². The van der Waals surface area contributed by atoms with E-state index >= 15 is 0 Å². The van der Waals surface area contributed by atoms with Crippen molar-refractivity contribution >= 4 is 39.6 Å². The van der Waals surface area contributed by atoms with Crippen LogP contribution in [-0.2, 0) is 10.8 Å². The van der Waals surface area contributed by atoms with Gasteiger partial charge in [0, 0.05) is 32.0 Å². The molecular formula is C56H39NS. The zero-order valence-corrected chi connectivity index (χ0v) is 33.2. The molecule has 0 bridgehead atoms. The third-order valence-corrected chi connectivity index (χ3v) is 14.3. The topological polar surface area (TPSA) is 3.24 Å². The van der Waals surface area contributed by atoms with Gasteiger partial charge in [0.05, 0.1) is 11.1 Å². The first-order valence-corrected chi connectivity index (χ1v) is 21.1. The number of anilines is 3. The number of benzene rings is 9. The van der Waals surface area contributed by atoms with Gasteiger partial charge >= 0.3 is 0 Å². The second-order valence-electron chi connectivity index (χ2n) is 16.4. The van der Waals surface area contributed by atoms with Crippen molar-refractivity contribution < 1.29 is 0 Å². The van der Waals surface area contributed by atoms with Crippen LogP contribution < -0.4 is 4.90 Å². The average molecular weight is 758 g/mol. The number of hydrogen-bond acceptors (Lipinski definition) is 2. The minimum absolute atomic E-state index is 0.122. The zero-order valence-electron chi connectivity index (χ0n) is 32.4. The molecule has 1 aliphatic heterocycles. The molecule has 1 spiro atoms. The van der Waals surface area contributed by atoms with Gasteiger partial charge in [0.25, 0.3) is 0 Å². The lowest BCUT2D eigenvalue weighted by Gasteiger charge is -2.41. The molecule has 0 radical (unpaired) electrons. The fraction of sp³-hybridized carbons (Fsp3) is 0.0714. The van der Waals surface area contributed by atoms with Gasteiger partial charge in [-0.1, -0.05) is 183 Å². The molecule has 0 fully saturated rings. The molecular weight excluding hydrogens is 719 g/mol. The molecule has 274 valence electrons. The Bertz CT molecular complexity index is 3080. The Hall–Kier alpha value is -6.61. The predicted molar refractivity (Wildman–Crippen MR) is 243 cm³/mol. The molecule has 1 nitrogen and oxygen atoms in total. The maximum atomic E-state index is 2.50. The lowest BCUT2D eigenvalue weighted by atomic mass is 9.66. The van der Waals surface area contributed by atoms with Gasteiger partial charge in [0.2, 0.25) is 0 Å². The first-order valence-electron chi connectivity index (χ1n) is 20.3. The molecule has 0 atom stereocenters. The van der Waals surface area contributed by atoms with Crippen LogP contribution in [0.1, 0.15) is 47.2 Å². The van der Waals surface area contributed by atoms with E-state index in [9.17, 15) is 0 Å². The van der Waals surface area contributed by atoms with E-state index in [0.29, 0.717) is 0 Å². The summed E-state index contributed by atoms with van der Waals surface area (Å²) in [7, 11) is 0. The van der Waals surface area contributed by atoms with Crippen molar-refractivity contribution in [2.45, 2.75) is 34.5 Å². The van der Waals surface area contributed by atoms with E-state index in [2.05, 4.69) is 219 Å². The molecule has 0 saturated heterocycles. The van der Waals surface area contributed by atoms with Gasteiger partial charge in [-0.2, -0.15) is 0 Å². The number of nitrogens with zero attached hydrogens (tertiary/aromatic N) is 1. The van der Waals surface area contributed by atoms with Crippen LogP contribution in [-0.4, -0.2) is 0 Å². The average Bonchev–Trinajstić information content (AvgIpc) is 3.69. The summed E-state index contributed by atoms with van der Waals surface area (Å²) in [4.78, 5) is 5.13. The van der Waals surface area contributed by atoms with Crippen LogP contribution in [0, 0.1) is 0 Å². The van der Waals surface area contributed by atoms with Gasteiger partial charge in [-0.3, -0.25) is 0 Å². The van der Waals surface area contributed by atoms with Gasteiger partial charge in [0.15, 0.2) is 0 Å². The van der Waals surface area contributed by atoms with Crippen LogP contribution in [0.15, 0.2) is 210 Å². The third kappa shape index (κ3) is 4.55. The van der Waals surface area contributed by atoms with Crippen LogP contribution >= 0.6 is 11.8 Å². The highest BCUT2D eigenvalue weighted by molar-refractivity contribution is 7.99. The summed E-state index contributed by atoms with van der Waals surface area (Å²) in [5.74, 6) is 0. The highest BCUT2D eigenvalue weighted by Gasteiger charge is 2.51. The molecule has 0 aromatic heterocycles. The normalized spacial score (nSPS) is 14.6. The highest BCUT2D eigenvalue weighted by Crippen LogP contribution is 2.64. The van der Waals surface area contributed by atoms with Crippen molar-refractivity contribution in [3.8, 4) is 33.4 Å². The van der Waals surface area contributed by atoms with E-state index in [4.69, 9.17) is 0 Å². The SMILES string of the molecule is CC1(C)c2ccccc2-c2ccc(N(c3ccc(-c4ccccc4)cc3)c3cccc4c5c(ccc34)Sc3ccccc3C53c4ccccc4-c4ccccc43)cc21. The third-order valence-electron chi connectivity index (χ3n) is 13.1. The molecule has 0 amide bonds. The van der Waals surface area contributed by atoms with Gasteiger partial charge in [-0.25, -0.2) is 0 Å². The summed E-state index contributed by atoms with van der Waals surface area (Å²) in [5, 5.41) is 2.51. The van der Waals surface area contributed by atoms with Crippen molar-refractivity contribution in [1.29, 1.82) is 0 Å². The zero-order chi connectivity index (χ0) is 38.6. The minimum atomic E-state index is -0.464. The number of rotatable bonds is 4. The largest absolute Gasteiger partial charge is 0.310 e. The van der Waals surface area contributed by atoms with Gasteiger partial charge < -0.3 is 4.90 Å². The molecule has 0 saturated carbocycles. The van der Waals surface area contributed by atoms with Gasteiger partial charge in [-0.15, -0.1) is 0 Å². The Kier molecular flexibility index (Phi) is 7.19. The van der Waals surface area contributed by atoms with Gasteiger partial charge in [0.1, 0.15) is 0 Å². The van der Waals surface area contributed by atoms with E-state index in [-0.39, 0.29) is 5.41 Å². The van der Waals surface area contributed by atoms with Crippen molar-refractivity contribution in [2.75, 3.05) is 4.90 Å². The van der Waals surface area contributed by atoms with Crippen LogP contribution in [0.3, 0.4) is 0 Å². The smallest absolute Gasteiger partial charge is 0.0741 e. The fourth-order valence-corrected chi connectivity index (χ4v) is 11.8. The summed E-state index contributed by atoms with van der Waals surface area (Å²) in [5.41, 5.74) is 18.8. The van der Waals surface area contributed by atoms with Crippen molar-refractivity contribution in [3.05, 3.63) is 234 Å². The van der Waals surface area contributed by atoms with E-state index < -0.39 is 5.41 Å². The van der Waals surface area contributed by atoms with Crippen LogP contribution in [0.25, 0.3) is 44.2 Å².